The molecule has 8 nitrogen and oxygen atoms in total. The highest BCUT2D eigenvalue weighted by molar-refractivity contribution is 6.09. The molecule has 130 valence electrons. The second-order valence-corrected chi connectivity index (χ2v) is 4.71. The molecule has 0 unspecified atom stereocenters. The zero-order valence-electron chi connectivity index (χ0n) is 13.5. The zero-order valence-corrected chi connectivity index (χ0v) is 13.5. The molecule has 2 N–H and O–H groups in total. The maximum atomic E-state index is 12.2. The highest BCUT2D eigenvalue weighted by Crippen LogP contribution is 2.43. The average molecular weight is 338 g/mol. The topological polar surface area (TPSA) is 127 Å². The molecule has 0 heterocycles. The van der Waals surface area contributed by atoms with E-state index >= 15 is 0 Å². The van der Waals surface area contributed by atoms with Crippen LogP contribution in [0, 0.1) is 0 Å². The van der Waals surface area contributed by atoms with Crippen LogP contribution in [0.15, 0.2) is 6.07 Å². The van der Waals surface area contributed by atoms with Crippen LogP contribution in [0.5, 0.6) is 17.2 Å². The third-order valence-corrected chi connectivity index (χ3v) is 3.06. The molecule has 1 aromatic carbocycles. The van der Waals surface area contributed by atoms with Crippen LogP contribution in [0.25, 0.3) is 0 Å². The summed E-state index contributed by atoms with van der Waals surface area (Å²) in [5.74, 6) is -5.50. The normalized spacial score (nSPS) is 10.1. The van der Waals surface area contributed by atoms with Crippen LogP contribution in [0.4, 0.5) is 0 Å². The number of ketones is 1. The largest absolute Gasteiger partial charge is 0.504 e. The van der Waals surface area contributed by atoms with Crippen molar-refractivity contribution in [1.82, 2.24) is 0 Å². The summed E-state index contributed by atoms with van der Waals surface area (Å²) in [5, 5.41) is 19.2. The second kappa shape index (κ2) is 8.09. The lowest BCUT2D eigenvalue weighted by molar-refractivity contribution is -0.136. The molecule has 24 heavy (non-hydrogen) atoms. The van der Waals surface area contributed by atoms with E-state index in [9.17, 15) is 29.4 Å². The maximum Gasteiger partial charge on any atom is 0.336 e. The fraction of sp³-hybridized carbons (Fsp3) is 0.375. The Balaban J connectivity index is 3.74. The van der Waals surface area contributed by atoms with E-state index in [1.54, 1.807) is 0 Å². The molecule has 8 heteroatoms. The Bertz CT molecular complexity index is 690. The van der Waals surface area contributed by atoms with E-state index in [-0.39, 0.29) is 19.3 Å². The number of phenols is 1. The highest BCUT2D eigenvalue weighted by atomic mass is 16.6. The third kappa shape index (κ3) is 4.09. The molecule has 0 fully saturated rings. The first-order valence-electron chi connectivity index (χ1n) is 7.34. The summed E-state index contributed by atoms with van der Waals surface area (Å²) < 4.78 is 9.94. The SMILES string of the molecule is CCC(=O)Oc1c(O)cc(C(=O)O)c(C(=O)CC)c1OC(=O)CC. The Labute approximate surface area is 138 Å². The fourth-order valence-corrected chi connectivity index (χ4v) is 1.82. The first kappa shape index (κ1) is 19.1. The summed E-state index contributed by atoms with van der Waals surface area (Å²) in [7, 11) is 0. The molecule has 0 saturated heterocycles. The number of esters is 2. The number of benzene rings is 1. The van der Waals surface area contributed by atoms with Gasteiger partial charge in [0.25, 0.3) is 0 Å². The van der Waals surface area contributed by atoms with Crippen molar-refractivity contribution in [2.75, 3.05) is 0 Å². The van der Waals surface area contributed by atoms with Crippen molar-refractivity contribution in [1.29, 1.82) is 0 Å². The molecule has 1 aromatic rings. The summed E-state index contributed by atoms with van der Waals surface area (Å²) in [5.41, 5.74) is -0.974. The van der Waals surface area contributed by atoms with Crippen LogP contribution in [0.2, 0.25) is 0 Å². The van der Waals surface area contributed by atoms with Gasteiger partial charge in [-0.3, -0.25) is 14.4 Å². The number of carbonyl (C=O) groups excluding carboxylic acids is 3. The van der Waals surface area contributed by atoms with Crippen molar-refractivity contribution in [3.05, 3.63) is 17.2 Å². The highest BCUT2D eigenvalue weighted by Gasteiger charge is 2.30. The lowest BCUT2D eigenvalue weighted by Crippen LogP contribution is -2.17. The second-order valence-electron chi connectivity index (χ2n) is 4.71. The van der Waals surface area contributed by atoms with E-state index < -0.39 is 52.1 Å². The predicted octanol–water partition coefficient (Wildman–Crippen LogP) is 2.31. The van der Waals surface area contributed by atoms with Gasteiger partial charge in [0.2, 0.25) is 5.75 Å². The van der Waals surface area contributed by atoms with E-state index in [4.69, 9.17) is 9.47 Å². The van der Waals surface area contributed by atoms with Gasteiger partial charge in [0.05, 0.1) is 11.1 Å². The predicted molar refractivity (Wildman–Crippen MR) is 81.5 cm³/mol. The molecular formula is C16H18O8. The van der Waals surface area contributed by atoms with Gasteiger partial charge < -0.3 is 19.7 Å². The Hall–Kier alpha value is -2.90. The lowest BCUT2D eigenvalue weighted by Gasteiger charge is -2.16. The van der Waals surface area contributed by atoms with E-state index in [2.05, 4.69) is 0 Å². The molecule has 0 saturated carbocycles. The van der Waals surface area contributed by atoms with Gasteiger partial charge in [0.1, 0.15) is 0 Å². The van der Waals surface area contributed by atoms with Crippen LogP contribution >= 0.6 is 0 Å². The number of hydrogen-bond acceptors (Lipinski definition) is 7. The number of phenolic OH excluding ortho intramolecular Hbond substituents is 1. The van der Waals surface area contributed by atoms with Crippen LogP contribution in [-0.4, -0.2) is 33.9 Å². The summed E-state index contributed by atoms with van der Waals surface area (Å²) in [6.45, 7) is 4.48. The van der Waals surface area contributed by atoms with Crippen LogP contribution in [0.1, 0.15) is 60.7 Å². The molecule has 0 atom stereocenters. The van der Waals surface area contributed by atoms with Crippen LogP contribution in [-0.2, 0) is 9.59 Å². The lowest BCUT2D eigenvalue weighted by atomic mass is 9.99. The molecule has 0 bridgehead atoms. The minimum atomic E-state index is -1.50. The number of aromatic carboxylic acids is 1. The smallest absolute Gasteiger partial charge is 0.336 e. The van der Waals surface area contributed by atoms with Gasteiger partial charge in [-0.05, 0) is 6.07 Å². The number of carbonyl (C=O) groups is 4. The molecule has 0 aliphatic rings. The standard InChI is InChI=1S/C16H18O8/c1-4-9(17)13-8(16(21)22)7-10(18)14(23-11(19)5-2)15(13)24-12(20)6-3/h7,18H,4-6H2,1-3H3,(H,21,22). The van der Waals surface area contributed by atoms with Gasteiger partial charge in [0.15, 0.2) is 17.3 Å². The van der Waals surface area contributed by atoms with E-state index in [0.717, 1.165) is 6.07 Å². The average Bonchev–Trinajstić information content (AvgIpc) is 2.56. The number of Topliss-reactive ketones (excluding diaryl/α,β-unsaturated/α-hetero) is 1. The van der Waals surface area contributed by atoms with E-state index in [0.29, 0.717) is 0 Å². The van der Waals surface area contributed by atoms with Gasteiger partial charge in [-0.2, -0.15) is 0 Å². The van der Waals surface area contributed by atoms with Crippen molar-refractivity contribution < 1.29 is 38.9 Å². The third-order valence-electron chi connectivity index (χ3n) is 3.06. The quantitative estimate of drug-likeness (QED) is 0.440. The molecule has 0 aliphatic heterocycles. The van der Waals surface area contributed by atoms with Crippen molar-refractivity contribution >= 4 is 23.7 Å². The molecule has 0 amide bonds. The molecule has 0 aliphatic carbocycles. The monoisotopic (exact) mass is 338 g/mol. The van der Waals surface area contributed by atoms with Gasteiger partial charge in [-0.25, -0.2) is 4.79 Å². The molecule has 1 rings (SSSR count). The first-order valence-corrected chi connectivity index (χ1v) is 7.34. The Morgan fingerprint density at radius 2 is 1.42 bits per heavy atom. The molecule has 0 spiro atoms. The maximum absolute atomic E-state index is 12.2. The number of rotatable bonds is 7. The zero-order chi connectivity index (χ0) is 18.4. The van der Waals surface area contributed by atoms with Crippen molar-refractivity contribution in [3.8, 4) is 17.2 Å². The van der Waals surface area contributed by atoms with E-state index in [1.165, 1.54) is 20.8 Å². The van der Waals surface area contributed by atoms with Crippen molar-refractivity contribution in [3.63, 3.8) is 0 Å². The summed E-state index contributed by atoms with van der Waals surface area (Å²) >= 11 is 0. The Kier molecular flexibility index (Phi) is 6.46. The van der Waals surface area contributed by atoms with Crippen LogP contribution < -0.4 is 9.47 Å². The summed E-state index contributed by atoms with van der Waals surface area (Å²) in [4.78, 5) is 46.7. The Morgan fingerprint density at radius 3 is 1.83 bits per heavy atom. The molecule has 0 radical (unpaired) electrons. The van der Waals surface area contributed by atoms with Gasteiger partial charge in [-0.1, -0.05) is 20.8 Å². The molecule has 0 aromatic heterocycles. The van der Waals surface area contributed by atoms with Gasteiger partial charge in [0, 0.05) is 19.3 Å². The first-order chi connectivity index (χ1) is 11.3. The summed E-state index contributed by atoms with van der Waals surface area (Å²) in [6, 6.07) is 0.785. The van der Waals surface area contributed by atoms with E-state index in [1.807, 2.05) is 0 Å². The Morgan fingerprint density at radius 1 is 0.917 bits per heavy atom. The number of carboxylic acid groups (broad SMARTS) is 1. The van der Waals surface area contributed by atoms with Crippen LogP contribution in [0.3, 0.4) is 0 Å². The number of carboxylic acids is 1. The van der Waals surface area contributed by atoms with Gasteiger partial charge in [-0.15, -0.1) is 0 Å². The minimum absolute atomic E-state index is 0.0433. The minimum Gasteiger partial charge on any atom is -0.504 e. The van der Waals surface area contributed by atoms with Crippen molar-refractivity contribution in [2.24, 2.45) is 0 Å². The van der Waals surface area contributed by atoms with Crippen molar-refractivity contribution in [2.45, 2.75) is 40.0 Å². The number of aromatic hydroxyl groups is 1. The molecular weight excluding hydrogens is 320 g/mol. The number of ether oxygens (including phenoxy) is 2. The number of hydrogen-bond donors (Lipinski definition) is 2. The fourth-order valence-electron chi connectivity index (χ4n) is 1.82. The summed E-state index contributed by atoms with van der Waals surface area (Å²) in [6.07, 6.45) is -0.194. The van der Waals surface area contributed by atoms with Gasteiger partial charge >= 0.3 is 17.9 Å².